The predicted octanol–water partition coefficient (Wildman–Crippen LogP) is 12.7. The summed E-state index contributed by atoms with van der Waals surface area (Å²) in [7, 11) is 0. The lowest BCUT2D eigenvalue weighted by atomic mass is 9.87. The number of hydrogen-bond acceptors (Lipinski definition) is 2. The zero-order chi connectivity index (χ0) is 33.8. The molecular formula is C42H59FN2. The number of halogens is 1. The predicted molar refractivity (Wildman–Crippen MR) is 200 cm³/mol. The van der Waals surface area contributed by atoms with Gasteiger partial charge < -0.3 is 5.32 Å². The highest BCUT2D eigenvalue weighted by Gasteiger charge is 2.14. The zero-order valence-electron chi connectivity index (χ0n) is 29.9. The first-order valence-corrected chi connectivity index (χ1v) is 16.6. The molecule has 0 amide bonds. The fourth-order valence-electron chi connectivity index (χ4n) is 4.49. The molecule has 1 unspecified atom stereocenters. The van der Waals surface area contributed by atoms with Gasteiger partial charge in [-0.1, -0.05) is 140 Å². The summed E-state index contributed by atoms with van der Waals surface area (Å²) in [5, 5.41) is 3.52. The molecule has 1 aliphatic heterocycles. The van der Waals surface area contributed by atoms with E-state index in [0.717, 1.165) is 18.2 Å². The van der Waals surface area contributed by atoms with Crippen molar-refractivity contribution in [3.05, 3.63) is 119 Å². The average Bonchev–Trinajstić information content (AvgIpc) is 3.03. The van der Waals surface area contributed by atoms with Crippen molar-refractivity contribution < 1.29 is 4.39 Å². The van der Waals surface area contributed by atoms with Crippen molar-refractivity contribution in [2.75, 3.05) is 6.54 Å². The van der Waals surface area contributed by atoms with E-state index in [1.807, 2.05) is 39.1 Å². The van der Waals surface area contributed by atoms with Crippen molar-refractivity contribution in [3.63, 3.8) is 0 Å². The monoisotopic (exact) mass is 610 g/mol. The van der Waals surface area contributed by atoms with Gasteiger partial charge in [0.1, 0.15) is 0 Å². The van der Waals surface area contributed by atoms with E-state index >= 15 is 0 Å². The summed E-state index contributed by atoms with van der Waals surface area (Å²) in [4.78, 5) is 4.64. The highest BCUT2D eigenvalue weighted by Crippen LogP contribution is 2.27. The molecule has 0 bridgehead atoms. The van der Waals surface area contributed by atoms with Gasteiger partial charge in [0.2, 0.25) is 0 Å². The maximum absolute atomic E-state index is 11.4. The Bertz CT molecular complexity index is 1370. The SMILES string of the molecule is C/C=C(\C=Nc1cccc(-c2ccccc2)c1)C(C)(C)C.CC.CCC(C)F.Cc1ccccc1C1=CC=C(CC(C)C)CN1. The molecule has 1 N–H and O–H groups in total. The Hall–Kier alpha value is -3.72. The first-order chi connectivity index (χ1) is 21.4. The summed E-state index contributed by atoms with van der Waals surface area (Å²) in [6.07, 6.45) is 9.80. The number of hydrogen-bond donors (Lipinski definition) is 1. The van der Waals surface area contributed by atoms with Crippen molar-refractivity contribution in [2.24, 2.45) is 16.3 Å². The maximum atomic E-state index is 11.4. The summed E-state index contributed by atoms with van der Waals surface area (Å²) in [5.74, 6) is 0.733. The molecule has 3 aromatic rings. The van der Waals surface area contributed by atoms with Crippen LogP contribution in [0.5, 0.6) is 0 Å². The molecule has 244 valence electrons. The van der Waals surface area contributed by atoms with Gasteiger partial charge >= 0.3 is 0 Å². The van der Waals surface area contributed by atoms with Crippen LogP contribution in [0.3, 0.4) is 0 Å². The molecule has 1 atom stereocenters. The van der Waals surface area contributed by atoms with E-state index in [9.17, 15) is 4.39 Å². The van der Waals surface area contributed by atoms with Crippen LogP contribution in [0.4, 0.5) is 10.1 Å². The molecule has 1 aliphatic rings. The molecule has 45 heavy (non-hydrogen) atoms. The van der Waals surface area contributed by atoms with Crippen LogP contribution in [0.2, 0.25) is 0 Å². The summed E-state index contributed by atoms with van der Waals surface area (Å²) in [6, 6.07) is 27.3. The van der Waals surface area contributed by atoms with E-state index in [1.165, 1.54) is 45.5 Å². The van der Waals surface area contributed by atoms with Crippen LogP contribution in [-0.2, 0) is 0 Å². The van der Waals surface area contributed by atoms with E-state index in [-0.39, 0.29) is 5.41 Å². The van der Waals surface area contributed by atoms with Crippen LogP contribution in [0.15, 0.2) is 113 Å². The van der Waals surface area contributed by atoms with Crippen LogP contribution >= 0.6 is 0 Å². The Kier molecular flexibility index (Phi) is 18.4. The van der Waals surface area contributed by atoms with Crippen molar-refractivity contribution in [2.45, 2.75) is 95.2 Å². The van der Waals surface area contributed by atoms with Gasteiger partial charge in [-0.3, -0.25) is 4.99 Å². The van der Waals surface area contributed by atoms with Crippen LogP contribution in [0, 0.1) is 18.3 Å². The number of benzene rings is 3. The third kappa shape index (κ3) is 15.2. The number of allylic oxidation sites excluding steroid dienone is 4. The second-order valence-corrected chi connectivity index (χ2v) is 12.5. The fraction of sp³-hybridized carbons (Fsp3) is 0.405. The van der Waals surface area contributed by atoms with Gasteiger partial charge in [0, 0.05) is 24.0 Å². The molecule has 3 heteroatoms. The molecule has 0 radical (unpaired) electrons. The minimum atomic E-state index is -0.616. The highest BCUT2D eigenvalue weighted by molar-refractivity contribution is 5.83. The van der Waals surface area contributed by atoms with Gasteiger partial charge in [0.25, 0.3) is 0 Å². The summed E-state index contributed by atoms with van der Waals surface area (Å²) in [5.41, 5.74) is 10.1. The Morgan fingerprint density at radius 1 is 0.889 bits per heavy atom. The second-order valence-electron chi connectivity index (χ2n) is 12.5. The number of alkyl halides is 1. The molecule has 3 aromatic carbocycles. The van der Waals surface area contributed by atoms with E-state index in [1.54, 1.807) is 6.92 Å². The van der Waals surface area contributed by atoms with Crippen LogP contribution < -0.4 is 5.32 Å². The Morgan fingerprint density at radius 3 is 2.00 bits per heavy atom. The third-order valence-electron chi connectivity index (χ3n) is 7.14. The molecule has 0 aliphatic carbocycles. The van der Waals surface area contributed by atoms with Gasteiger partial charge in [-0.15, -0.1) is 0 Å². The maximum Gasteiger partial charge on any atom is 0.0971 e. The molecular weight excluding hydrogens is 551 g/mol. The third-order valence-corrected chi connectivity index (χ3v) is 7.14. The van der Waals surface area contributed by atoms with Gasteiger partial charge in [-0.2, -0.15) is 0 Å². The average molecular weight is 611 g/mol. The van der Waals surface area contributed by atoms with Gasteiger partial charge in [-0.05, 0) is 85.4 Å². The quantitative estimate of drug-likeness (QED) is 0.264. The van der Waals surface area contributed by atoms with Crippen molar-refractivity contribution in [1.82, 2.24) is 5.32 Å². The molecule has 4 rings (SSSR count). The minimum Gasteiger partial charge on any atom is -0.381 e. The number of nitrogens with one attached hydrogen (secondary N) is 1. The van der Waals surface area contributed by atoms with E-state index < -0.39 is 6.17 Å². The van der Waals surface area contributed by atoms with E-state index in [4.69, 9.17) is 0 Å². The summed E-state index contributed by atoms with van der Waals surface area (Å²) in [6.45, 7) is 23.7. The lowest BCUT2D eigenvalue weighted by Gasteiger charge is -2.20. The molecule has 0 spiro atoms. The molecule has 0 aromatic heterocycles. The normalized spacial score (nSPS) is 13.6. The molecule has 1 heterocycles. The summed E-state index contributed by atoms with van der Waals surface area (Å²) >= 11 is 0. The molecule has 2 nitrogen and oxygen atoms in total. The Balaban J connectivity index is 0.000000379. The van der Waals surface area contributed by atoms with Crippen LogP contribution in [0.25, 0.3) is 16.8 Å². The van der Waals surface area contributed by atoms with Crippen LogP contribution in [-0.4, -0.2) is 18.9 Å². The smallest absolute Gasteiger partial charge is 0.0971 e. The zero-order valence-corrected chi connectivity index (χ0v) is 29.9. The number of aryl methyl sites for hydroxylation is 1. The number of rotatable bonds is 7. The van der Waals surface area contributed by atoms with Crippen molar-refractivity contribution in [3.8, 4) is 11.1 Å². The number of dihydropyridines is 1. The number of aliphatic imine (C=N–C) groups is 1. The first-order valence-electron chi connectivity index (χ1n) is 16.6. The van der Waals surface area contributed by atoms with Crippen molar-refractivity contribution >= 4 is 17.6 Å². The van der Waals surface area contributed by atoms with Gasteiger partial charge in [0.15, 0.2) is 0 Å². The Labute approximate surface area is 275 Å². The summed E-state index contributed by atoms with van der Waals surface area (Å²) < 4.78 is 11.4. The fourth-order valence-corrected chi connectivity index (χ4v) is 4.49. The van der Waals surface area contributed by atoms with Gasteiger partial charge in [0.05, 0.1) is 11.9 Å². The van der Waals surface area contributed by atoms with E-state index in [0.29, 0.717) is 6.42 Å². The number of nitrogens with zero attached hydrogens (tertiary/aromatic N) is 1. The lowest BCUT2D eigenvalue weighted by molar-refractivity contribution is 0.352. The van der Waals surface area contributed by atoms with Gasteiger partial charge in [-0.25, -0.2) is 4.39 Å². The molecule has 0 fully saturated rings. The lowest BCUT2D eigenvalue weighted by Crippen LogP contribution is -2.20. The minimum absolute atomic E-state index is 0.120. The molecule has 0 saturated heterocycles. The topological polar surface area (TPSA) is 24.4 Å². The highest BCUT2D eigenvalue weighted by atomic mass is 19.1. The first kappa shape index (κ1) is 39.3. The second kappa shape index (κ2) is 21.1. The largest absolute Gasteiger partial charge is 0.381 e. The standard InChI is InChI=1S/C20H23N.C16H21N.C4H9F.C2H6/c1-5-18(20(2,3)4)15-21-19-13-9-12-17(14-19)16-10-7-6-8-11-16;1-12(2)10-14-8-9-16(17-11-14)15-7-5-4-6-13(15)3;1-3-4(2)5;1-2/h5-15H,1-4H3;4-9,12,17H,10-11H2,1-3H3;4H,3H2,1-2H3;1-2H3/b18-5+,21-15?;;;. The van der Waals surface area contributed by atoms with Crippen LogP contribution in [0.1, 0.15) is 93.2 Å². The molecule has 0 saturated carbocycles. The van der Waals surface area contributed by atoms with E-state index in [2.05, 4.69) is 144 Å². The van der Waals surface area contributed by atoms with Crippen molar-refractivity contribution in [1.29, 1.82) is 0 Å². The Morgan fingerprint density at radius 2 is 1.49 bits per heavy atom.